The van der Waals surface area contributed by atoms with E-state index in [2.05, 4.69) is 39.9 Å². The molecule has 0 unspecified atom stereocenters. The van der Waals surface area contributed by atoms with Crippen LogP contribution in [0.5, 0.6) is 0 Å². The van der Waals surface area contributed by atoms with E-state index in [1.807, 2.05) is 14.0 Å². The number of thiazole rings is 1. The molecule has 2 aromatic rings. The number of nitrogens with one attached hydrogen (secondary N) is 2. The van der Waals surface area contributed by atoms with E-state index < -0.39 is 0 Å². The molecule has 0 aromatic carbocycles. The zero-order valence-corrected chi connectivity index (χ0v) is 13.6. The van der Waals surface area contributed by atoms with Gasteiger partial charge in [-0.1, -0.05) is 13.8 Å². The van der Waals surface area contributed by atoms with Crippen LogP contribution in [0.3, 0.4) is 0 Å². The molecule has 0 aliphatic rings. The Morgan fingerprint density at radius 2 is 2.24 bits per heavy atom. The third-order valence-corrected chi connectivity index (χ3v) is 4.19. The van der Waals surface area contributed by atoms with Crippen LogP contribution in [0.25, 0.3) is 0 Å². The second kappa shape index (κ2) is 6.71. The number of hydrogen-bond donors (Lipinski definition) is 2. The second-order valence-electron chi connectivity index (χ2n) is 5.26. The molecule has 0 saturated heterocycles. The van der Waals surface area contributed by atoms with E-state index in [9.17, 15) is 4.79 Å². The average Bonchev–Trinajstić information content (AvgIpc) is 2.97. The summed E-state index contributed by atoms with van der Waals surface area (Å²) >= 11 is 1.67. The molecule has 0 bridgehead atoms. The largest absolute Gasteiger partial charge is 0.337 e. The Morgan fingerprint density at radius 3 is 2.81 bits per heavy atom. The van der Waals surface area contributed by atoms with Crippen LogP contribution in [-0.4, -0.2) is 27.3 Å². The van der Waals surface area contributed by atoms with Crippen LogP contribution in [0.2, 0.25) is 0 Å². The molecule has 2 amide bonds. The molecule has 0 aliphatic carbocycles. The summed E-state index contributed by atoms with van der Waals surface area (Å²) in [6.45, 7) is 6.68. The third-order valence-electron chi connectivity index (χ3n) is 2.99. The molecule has 2 aromatic heterocycles. The molecule has 0 saturated carbocycles. The number of rotatable bonds is 5. The summed E-state index contributed by atoms with van der Waals surface area (Å²) in [4.78, 5) is 16.3. The predicted octanol–water partition coefficient (Wildman–Crippen LogP) is 2.67. The van der Waals surface area contributed by atoms with Crippen LogP contribution >= 0.6 is 11.3 Å². The van der Waals surface area contributed by atoms with Crippen LogP contribution in [-0.2, 0) is 13.5 Å². The monoisotopic (exact) mass is 307 g/mol. The predicted molar refractivity (Wildman–Crippen MR) is 84.9 cm³/mol. The first-order chi connectivity index (χ1) is 9.95. The van der Waals surface area contributed by atoms with Crippen molar-refractivity contribution in [1.29, 1.82) is 0 Å². The fraction of sp³-hybridized carbons (Fsp3) is 0.500. The van der Waals surface area contributed by atoms with E-state index in [-0.39, 0.29) is 6.03 Å². The van der Waals surface area contributed by atoms with Crippen LogP contribution in [0.4, 0.5) is 10.5 Å². The smallest absolute Gasteiger partial charge is 0.319 e. The average molecular weight is 307 g/mol. The van der Waals surface area contributed by atoms with Gasteiger partial charge in [0.15, 0.2) is 0 Å². The minimum Gasteiger partial charge on any atom is -0.337 e. The summed E-state index contributed by atoms with van der Waals surface area (Å²) in [7, 11) is 1.82. The lowest BCUT2D eigenvalue weighted by Crippen LogP contribution is -2.30. The number of nitrogens with zero attached hydrogens (tertiary/aromatic N) is 3. The van der Waals surface area contributed by atoms with E-state index in [1.165, 1.54) is 0 Å². The lowest BCUT2D eigenvalue weighted by molar-refractivity contribution is 0.252. The fourth-order valence-corrected chi connectivity index (χ4v) is 2.77. The highest BCUT2D eigenvalue weighted by molar-refractivity contribution is 7.09. The topological polar surface area (TPSA) is 71.8 Å². The maximum Gasteiger partial charge on any atom is 0.319 e. The van der Waals surface area contributed by atoms with E-state index in [0.717, 1.165) is 28.5 Å². The normalized spacial score (nSPS) is 10.9. The van der Waals surface area contributed by atoms with Gasteiger partial charge in [-0.15, -0.1) is 11.3 Å². The molecule has 6 nitrogen and oxygen atoms in total. The van der Waals surface area contributed by atoms with Gasteiger partial charge in [0.05, 0.1) is 22.1 Å². The Hall–Kier alpha value is -1.89. The van der Waals surface area contributed by atoms with Gasteiger partial charge in [0, 0.05) is 37.5 Å². The Morgan fingerprint density at radius 1 is 1.48 bits per heavy atom. The van der Waals surface area contributed by atoms with Gasteiger partial charge >= 0.3 is 6.03 Å². The van der Waals surface area contributed by atoms with Gasteiger partial charge in [-0.25, -0.2) is 9.78 Å². The fourth-order valence-electron chi connectivity index (χ4n) is 1.90. The standard InChI is InChI=1S/C14H21N5OS/c1-9(2)13-16-11(8-21-13)5-6-15-14(20)17-12-7-19(4)18-10(12)3/h7-9H,5-6H2,1-4H3,(H2,15,17,20). The summed E-state index contributed by atoms with van der Waals surface area (Å²) in [5.74, 6) is 0.452. The number of amides is 2. The first-order valence-corrected chi connectivity index (χ1v) is 7.83. The Balaban J connectivity index is 1.77. The number of aryl methyl sites for hydroxylation is 2. The number of hydrogen-bond acceptors (Lipinski definition) is 4. The summed E-state index contributed by atoms with van der Waals surface area (Å²) in [6.07, 6.45) is 2.52. The zero-order valence-electron chi connectivity index (χ0n) is 12.8. The molecular formula is C14H21N5OS. The van der Waals surface area contributed by atoms with E-state index in [4.69, 9.17) is 0 Å². The summed E-state index contributed by atoms with van der Waals surface area (Å²) in [5.41, 5.74) is 2.56. The molecular weight excluding hydrogens is 286 g/mol. The van der Waals surface area contributed by atoms with Crippen molar-refractivity contribution in [3.8, 4) is 0 Å². The molecule has 114 valence electrons. The number of aromatic nitrogens is 3. The number of carbonyl (C=O) groups is 1. The minimum atomic E-state index is -0.217. The van der Waals surface area contributed by atoms with Gasteiger partial charge in [0.1, 0.15) is 0 Å². The molecule has 2 heterocycles. The number of urea groups is 1. The van der Waals surface area contributed by atoms with E-state index in [0.29, 0.717) is 12.5 Å². The summed E-state index contributed by atoms with van der Waals surface area (Å²) in [6, 6.07) is -0.217. The first-order valence-electron chi connectivity index (χ1n) is 6.95. The van der Waals surface area contributed by atoms with Gasteiger partial charge in [0.2, 0.25) is 0 Å². The zero-order chi connectivity index (χ0) is 15.4. The second-order valence-corrected chi connectivity index (χ2v) is 6.15. The van der Waals surface area contributed by atoms with Crippen molar-refractivity contribution in [2.45, 2.75) is 33.1 Å². The van der Waals surface area contributed by atoms with E-state index >= 15 is 0 Å². The van der Waals surface area contributed by atoms with Gasteiger partial charge in [-0.05, 0) is 6.92 Å². The van der Waals surface area contributed by atoms with Crippen molar-refractivity contribution < 1.29 is 4.79 Å². The molecule has 0 atom stereocenters. The molecule has 0 spiro atoms. The van der Waals surface area contributed by atoms with Gasteiger partial charge in [-0.2, -0.15) is 5.10 Å². The lowest BCUT2D eigenvalue weighted by Gasteiger charge is -2.05. The highest BCUT2D eigenvalue weighted by atomic mass is 32.1. The Labute approximate surface area is 128 Å². The molecule has 21 heavy (non-hydrogen) atoms. The van der Waals surface area contributed by atoms with Crippen molar-refractivity contribution in [2.24, 2.45) is 7.05 Å². The summed E-state index contributed by atoms with van der Waals surface area (Å²) < 4.78 is 1.67. The van der Waals surface area contributed by atoms with Gasteiger partial charge in [0.25, 0.3) is 0 Å². The molecule has 2 N–H and O–H groups in total. The van der Waals surface area contributed by atoms with Crippen molar-refractivity contribution in [2.75, 3.05) is 11.9 Å². The SMILES string of the molecule is Cc1nn(C)cc1NC(=O)NCCc1csc(C(C)C)n1. The highest BCUT2D eigenvalue weighted by Gasteiger charge is 2.08. The van der Waals surface area contributed by atoms with Crippen LogP contribution in [0.15, 0.2) is 11.6 Å². The van der Waals surface area contributed by atoms with Gasteiger partial charge in [-0.3, -0.25) is 4.68 Å². The summed E-state index contributed by atoms with van der Waals surface area (Å²) in [5, 5.41) is 13.0. The molecule has 0 aliphatic heterocycles. The Bertz CT molecular complexity index is 617. The van der Waals surface area contributed by atoms with Crippen molar-refractivity contribution in [3.05, 3.63) is 28.0 Å². The molecule has 7 heteroatoms. The van der Waals surface area contributed by atoms with Crippen molar-refractivity contribution in [1.82, 2.24) is 20.1 Å². The van der Waals surface area contributed by atoms with Crippen LogP contribution < -0.4 is 10.6 Å². The van der Waals surface area contributed by atoms with Crippen molar-refractivity contribution in [3.63, 3.8) is 0 Å². The highest BCUT2D eigenvalue weighted by Crippen LogP contribution is 2.19. The van der Waals surface area contributed by atoms with Crippen LogP contribution in [0, 0.1) is 6.92 Å². The molecule has 2 rings (SSSR count). The number of carbonyl (C=O) groups excluding carboxylic acids is 1. The Kier molecular flexibility index (Phi) is 4.95. The number of anilines is 1. The lowest BCUT2D eigenvalue weighted by atomic mass is 10.2. The third kappa shape index (κ3) is 4.29. The van der Waals surface area contributed by atoms with E-state index in [1.54, 1.807) is 22.2 Å². The maximum absolute atomic E-state index is 11.8. The minimum absolute atomic E-state index is 0.217. The van der Waals surface area contributed by atoms with Crippen LogP contribution in [0.1, 0.15) is 36.2 Å². The molecule has 0 radical (unpaired) electrons. The first kappa shape index (κ1) is 15.5. The maximum atomic E-state index is 11.8. The van der Waals surface area contributed by atoms with Crippen molar-refractivity contribution >= 4 is 23.1 Å². The van der Waals surface area contributed by atoms with Gasteiger partial charge < -0.3 is 10.6 Å². The quantitative estimate of drug-likeness (QED) is 0.892. The molecule has 0 fully saturated rings.